The molecule has 1 aromatic rings. The van der Waals surface area contributed by atoms with Crippen LogP contribution in [0.4, 0.5) is 8.78 Å². The van der Waals surface area contributed by atoms with Gasteiger partial charge in [0.15, 0.2) is 0 Å². The fourth-order valence-electron chi connectivity index (χ4n) is 1.31. The maximum absolute atomic E-state index is 11.8. The van der Waals surface area contributed by atoms with Gasteiger partial charge >= 0.3 is 5.97 Å². The Labute approximate surface area is 98.0 Å². The van der Waals surface area contributed by atoms with Gasteiger partial charge in [-0.25, -0.2) is 8.78 Å². The number of ether oxygens (including phenoxy) is 1. The van der Waals surface area contributed by atoms with Crippen LogP contribution in [0.3, 0.4) is 0 Å². The lowest BCUT2D eigenvalue weighted by molar-refractivity contribution is -0.138. The molecular weight excluding hydrogens is 230 g/mol. The first-order valence-corrected chi connectivity index (χ1v) is 5.18. The average Bonchev–Trinajstić information content (AvgIpc) is 2.28. The third-order valence-corrected chi connectivity index (χ3v) is 2.36. The largest absolute Gasteiger partial charge is 0.481 e. The fourth-order valence-corrected chi connectivity index (χ4v) is 1.31. The lowest BCUT2D eigenvalue weighted by Crippen LogP contribution is -2.07. The number of hydrogen-bond donors (Lipinski definition) is 1. The highest BCUT2D eigenvalue weighted by Crippen LogP contribution is 2.16. The van der Waals surface area contributed by atoms with Crippen molar-refractivity contribution in [3.63, 3.8) is 0 Å². The van der Waals surface area contributed by atoms with Gasteiger partial charge in [-0.15, -0.1) is 0 Å². The van der Waals surface area contributed by atoms with Crippen molar-refractivity contribution < 1.29 is 23.4 Å². The van der Waals surface area contributed by atoms with Crippen molar-refractivity contribution in [1.82, 2.24) is 0 Å². The number of hydrogen-bond acceptors (Lipinski definition) is 2. The predicted octanol–water partition coefficient (Wildman–Crippen LogP) is 2.66. The zero-order chi connectivity index (χ0) is 12.8. The Hall–Kier alpha value is -1.49. The monoisotopic (exact) mass is 244 g/mol. The van der Waals surface area contributed by atoms with Crippen LogP contribution in [0, 0.1) is 0 Å². The normalized spacial score (nSPS) is 12.7. The second kappa shape index (κ2) is 6.30. The third kappa shape index (κ3) is 4.48. The molecule has 5 heteroatoms. The van der Waals surface area contributed by atoms with Crippen molar-refractivity contribution in [2.45, 2.75) is 25.9 Å². The summed E-state index contributed by atoms with van der Waals surface area (Å²) in [4.78, 5) is 10.7. The van der Waals surface area contributed by atoms with E-state index in [1.165, 1.54) is 0 Å². The summed E-state index contributed by atoms with van der Waals surface area (Å²) < 4.78 is 28.4. The Bertz CT molecular complexity index is 363. The van der Waals surface area contributed by atoms with Crippen molar-refractivity contribution >= 4 is 5.97 Å². The molecule has 0 saturated carbocycles. The molecular formula is C12H14F2O3. The van der Waals surface area contributed by atoms with Gasteiger partial charge < -0.3 is 9.84 Å². The summed E-state index contributed by atoms with van der Waals surface area (Å²) in [6.07, 6.45) is -2.47. The summed E-state index contributed by atoms with van der Waals surface area (Å²) in [6, 6.07) is 6.69. The van der Waals surface area contributed by atoms with E-state index in [1.807, 2.05) is 0 Å². The second-order valence-corrected chi connectivity index (χ2v) is 3.71. The van der Waals surface area contributed by atoms with Gasteiger partial charge in [-0.2, -0.15) is 0 Å². The highest BCUT2D eigenvalue weighted by atomic mass is 19.3. The molecule has 0 spiro atoms. The zero-order valence-electron chi connectivity index (χ0n) is 9.40. The standard InChI is InChI=1S/C12H14F2O3/c1-8(12(15)16)10-4-2-9(3-5-10)6-17-7-11(13)14/h2-5,8,11H,6-7H2,1H3,(H,15,16). The van der Waals surface area contributed by atoms with Gasteiger partial charge in [-0.05, 0) is 18.1 Å². The lowest BCUT2D eigenvalue weighted by Gasteiger charge is -2.08. The van der Waals surface area contributed by atoms with Crippen LogP contribution in [0.2, 0.25) is 0 Å². The minimum atomic E-state index is -2.47. The molecule has 3 nitrogen and oxygen atoms in total. The van der Waals surface area contributed by atoms with Gasteiger partial charge in [0.25, 0.3) is 6.43 Å². The molecule has 1 rings (SSSR count). The lowest BCUT2D eigenvalue weighted by atomic mass is 10.0. The minimum absolute atomic E-state index is 0.103. The van der Waals surface area contributed by atoms with E-state index < -0.39 is 24.9 Å². The molecule has 0 aliphatic heterocycles. The Kier molecular flexibility index (Phi) is 5.03. The van der Waals surface area contributed by atoms with Crippen molar-refractivity contribution in [3.8, 4) is 0 Å². The molecule has 1 atom stereocenters. The number of rotatable bonds is 6. The molecule has 17 heavy (non-hydrogen) atoms. The first kappa shape index (κ1) is 13.6. The topological polar surface area (TPSA) is 46.5 Å². The fraction of sp³-hybridized carbons (Fsp3) is 0.417. The Balaban J connectivity index is 2.53. The molecule has 0 saturated heterocycles. The van der Waals surface area contributed by atoms with Crippen molar-refractivity contribution in [2.24, 2.45) is 0 Å². The molecule has 1 aromatic carbocycles. The van der Waals surface area contributed by atoms with Crippen molar-refractivity contribution in [2.75, 3.05) is 6.61 Å². The van der Waals surface area contributed by atoms with Crippen LogP contribution >= 0.6 is 0 Å². The van der Waals surface area contributed by atoms with Crippen LogP contribution in [-0.2, 0) is 16.1 Å². The van der Waals surface area contributed by atoms with E-state index in [0.29, 0.717) is 5.56 Å². The first-order valence-electron chi connectivity index (χ1n) is 5.18. The molecule has 1 N–H and O–H groups in total. The number of aliphatic carboxylic acids is 1. The molecule has 0 amide bonds. The maximum atomic E-state index is 11.8. The van der Waals surface area contributed by atoms with Crippen LogP contribution in [0.15, 0.2) is 24.3 Å². The van der Waals surface area contributed by atoms with Crippen molar-refractivity contribution in [3.05, 3.63) is 35.4 Å². The predicted molar refractivity (Wildman–Crippen MR) is 58.2 cm³/mol. The molecule has 0 bridgehead atoms. The summed E-state index contributed by atoms with van der Waals surface area (Å²) in [7, 11) is 0. The summed E-state index contributed by atoms with van der Waals surface area (Å²) in [5.41, 5.74) is 1.42. The van der Waals surface area contributed by atoms with Crippen LogP contribution in [0.25, 0.3) is 0 Å². The Morgan fingerprint density at radius 3 is 2.41 bits per heavy atom. The summed E-state index contributed by atoms with van der Waals surface area (Å²) in [6.45, 7) is 1.10. The number of carbonyl (C=O) groups is 1. The van der Waals surface area contributed by atoms with E-state index in [4.69, 9.17) is 9.84 Å². The van der Waals surface area contributed by atoms with Gasteiger partial charge in [-0.1, -0.05) is 24.3 Å². The maximum Gasteiger partial charge on any atom is 0.310 e. The smallest absolute Gasteiger partial charge is 0.310 e. The third-order valence-electron chi connectivity index (χ3n) is 2.36. The van der Waals surface area contributed by atoms with Crippen LogP contribution in [0.5, 0.6) is 0 Å². The summed E-state index contributed by atoms with van der Waals surface area (Å²) >= 11 is 0. The first-order chi connectivity index (χ1) is 8.00. The molecule has 0 radical (unpaired) electrons. The Morgan fingerprint density at radius 1 is 1.35 bits per heavy atom. The highest BCUT2D eigenvalue weighted by molar-refractivity contribution is 5.75. The molecule has 94 valence electrons. The van der Waals surface area contributed by atoms with E-state index in [1.54, 1.807) is 31.2 Å². The van der Waals surface area contributed by atoms with Gasteiger partial charge in [0.1, 0.15) is 6.61 Å². The quantitative estimate of drug-likeness (QED) is 0.836. The molecule has 0 aromatic heterocycles. The van der Waals surface area contributed by atoms with Crippen LogP contribution in [-0.4, -0.2) is 24.1 Å². The SMILES string of the molecule is CC(C(=O)O)c1ccc(COCC(F)F)cc1. The van der Waals surface area contributed by atoms with Gasteiger partial charge in [0, 0.05) is 0 Å². The number of alkyl halides is 2. The van der Waals surface area contributed by atoms with E-state index in [9.17, 15) is 13.6 Å². The van der Waals surface area contributed by atoms with Gasteiger partial charge in [0.05, 0.1) is 12.5 Å². The molecule has 0 heterocycles. The number of halogens is 2. The Morgan fingerprint density at radius 2 is 1.94 bits per heavy atom. The van der Waals surface area contributed by atoms with Gasteiger partial charge in [0.2, 0.25) is 0 Å². The van der Waals surface area contributed by atoms with E-state index in [-0.39, 0.29) is 6.61 Å². The molecule has 0 fully saturated rings. The highest BCUT2D eigenvalue weighted by Gasteiger charge is 2.12. The zero-order valence-corrected chi connectivity index (χ0v) is 9.40. The van der Waals surface area contributed by atoms with Crippen LogP contribution in [0.1, 0.15) is 24.0 Å². The van der Waals surface area contributed by atoms with Gasteiger partial charge in [-0.3, -0.25) is 4.79 Å². The summed E-state index contributed by atoms with van der Waals surface area (Å²) in [5.74, 6) is -1.47. The number of carboxylic acids is 1. The summed E-state index contributed by atoms with van der Waals surface area (Å²) in [5, 5.41) is 8.80. The number of benzene rings is 1. The van der Waals surface area contributed by atoms with E-state index >= 15 is 0 Å². The minimum Gasteiger partial charge on any atom is -0.481 e. The molecule has 1 unspecified atom stereocenters. The van der Waals surface area contributed by atoms with Crippen LogP contribution < -0.4 is 0 Å². The van der Waals surface area contributed by atoms with E-state index in [0.717, 1.165) is 5.56 Å². The number of carboxylic acid groups (broad SMARTS) is 1. The second-order valence-electron chi connectivity index (χ2n) is 3.71. The van der Waals surface area contributed by atoms with E-state index in [2.05, 4.69) is 0 Å². The van der Waals surface area contributed by atoms with Crippen molar-refractivity contribution in [1.29, 1.82) is 0 Å². The average molecular weight is 244 g/mol. The molecule has 0 aliphatic rings. The molecule has 0 aliphatic carbocycles.